The zero-order valence-corrected chi connectivity index (χ0v) is 13.0. The number of nitrogens with zero attached hydrogens (tertiary/aromatic N) is 1. The molecule has 116 valence electrons. The van der Waals surface area contributed by atoms with Crippen LogP contribution in [0.4, 0.5) is 5.69 Å². The Morgan fingerprint density at radius 3 is 2.95 bits per heavy atom. The number of amides is 1. The van der Waals surface area contributed by atoms with Gasteiger partial charge in [0.1, 0.15) is 6.26 Å². The normalized spacial score (nSPS) is 18.2. The number of carbonyl (C=O) groups is 1. The predicted molar refractivity (Wildman–Crippen MR) is 85.2 cm³/mol. The minimum absolute atomic E-state index is 0.234. The number of aryl methyl sites for hydroxylation is 2. The number of anilines is 1. The summed E-state index contributed by atoms with van der Waals surface area (Å²) in [5.41, 5.74) is 3.45. The quantitative estimate of drug-likeness (QED) is 0.914. The third kappa shape index (κ3) is 3.20. The fraction of sp³-hybridized carbons (Fsp3) is 0.412. The van der Waals surface area contributed by atoms with Gasteiger partial charge in [0.05, 0.1) is 0 Å². The third-order valence-electron chi connectivity index (χ3n) is 4.17. The van der Waals surface area contributed by atoms with E-state index in [0.29, 0.717) is 11.6 Å². The van der Waals surface area contributed by atoms with E-state index < -0.39 is 0 Å². The Morgan fingerprint density at radius 2 is 2.23 bits per heavy atom. The van der Waals surface area contributed by atoms with Crippen molar-refractivity contribution in [3.63, 3.8) is 0 Å². The number of aromatic nitrogens is 1. The first-order chi connectivity index (χ1) is 10.6. The van der Waals surface area contributed by atoms with Gasteiger partial charge in [-0.15, -0.1) is 0 Å². The van der Waals surface area contributed by atoms with E-state index >= 15 is 0 Å². The van der Waals surface area contributed by atoms with Gasteiger partial charge in [-0.3, -0.25) is 4.79 Å². The fourth-order valence-electron chi connectivity index (χ4n) is 2.66. The Hall–Kier alpha value is -2.14. The molecule has 0 aliphatic carbocycles. The van der Waals surface area contributed by atoms with Crippen molar-refractivity contribution in [1.82, 2.24) is 10.3 Å². The fourth-order valence-corrected chi connectivity index (χ4v) is 2.66. The molecule has 1 atom stereocenters. The number of benzene rings is 1. The lowest BCUT2D eigenvalue weighted by Gasteiger charge is -2.19. The van der Waals surface area contributed by atoms with Crippen LogP contribution in [0.3, 0.4) is 0 Å². The maximum atomic E-state index is 12.3. The number of hydrogen-bond donors (Lipinski definition) is 2. The highest BCUT2D eigenvalue weighted by Crippen LogP contribution is 2.23. The molecule has 22 heavy (non-hydrogen) atoms. The SMILES string of the molecule is Cc1ccc(NC(=O)c2coc(C3CCCNC3)n2)cc1C. The van der Waals surface area contributed by atoms with Crippen LogP contribution in [0.5, 0.6) is 0 Å². The maximum absolute atomic E-state index is 12.3. The Balaban J connectivity index is 1.69. The van der Waals surface area contributed by atoms with E-state index in [9.17, 15) is 4.79 Å². The first-order valence-electron chi connectivity index (χ1n) is 7.68. The summed E-state index contributed by atoms with van der Waals surface area (Å²) in [6.45, 7) is 5.97. The summed E-state index contributed by atoms with van der Waals surface area (Å²) < 4.78 is 5.49. The molecule has 1 aromatic heterocycles. The van der Waals surface area contributed by atoms with Crippen LogP contribution in [0.1, 0.15) is 46.3 Å². The smallest absolute Gasteiger partial charge is 0.277 e. The first kappa shape index (κ1) is 14.8. The number of rotatable bonds is 3. The van der Waals surface area contributed by atoms with E-state index in [1.54, 1.807) is 0 Å². The van der Waals surface area contributed by atoms with E-state index in [4.69, 9.17) is 4.42 Å². The summed E-state index contributed by atoms with van der Waals surface area (Å²) in [6.07, 6.45) is 3.60. The van der Waals surface area contributed by atoms with Crippen molar-refractivity contribution < 1.29 is 9.21 Å². The number of oxazole rings is 1. The van der Waals surface area contributed by atoms with Crippen molar-refractivity contribution in [2.45, 2.75) is 32.6 Å². The molecule has 0 radical (unpaired) electrons. The summed E-state index contributed by atoms with van der Waals surface area (Å²) in [4.78, 5) is 16.6. The monoisotopic (exact) mass is 299 g/mol. The van der Waals surface area contributed by atoms with Gasteiger partial charge in [-0.2, -0.15) is 0 Å². The number of carbonyl (C=O) groups excluding carboxylic acids is 1. The van der Waals surface area contributed by atoms with Crippen LogP contribution in [0.15, 0.2) is 28.9 Å². The minimum Gasteiger partial charge on any atom is -0.448 e. The molecule has 1 aliphatic heterocycles. The highest BCUT2D eigenvalue weighted by Gasteiger charge is 2.22. The van der Waals surface area contributed by atoms with Gasteiger partial charge in [0.15, 0.2) is 11.6 Å². The molecule has 3 rings (SSSR count). The Bertz CT molecular complexity index is 672. The lowest BCUT2D eigenvalue weighted by atomic mass is 10.00. The van der Waals surface area contributed by atoms with Crippen LogP contribution in [-0.4, -0.2) is 24.0 Å². The molecule has 1 saturated heterocycles. The van der Waals surface area contributed by atoms with Crippen molar-refractivity contribution >= 4 is 11.6 Å². The molecule has 0 bridgehead atoms. The second-order valence-corrected chi connectivity index (χ2v) is 5.87. The molecular formula is C17H21N3O2. The maximum Gasteiger partial charge on any atom is 0.277 e. The van der Waals surface area contributed by atoms with Gasteiger partial charge >= 0.3 is 0 Å². The van der Waals surface area contributed by atoms with Crippen LogP contribution in [0.25, 0.3) is 0 Å². The highest BCUT2D eigenvalue weighted by atomic mass is 16.3. The molecule has 0 spiro atoms. The van der Waals surface area contributed by atoms with Crippen molar-refractivity contribution in [2.24, 2.45) is 0 Å². The molecule has 1 aliphatic rings. The molecule has 1 aromatic carbocycles. The molecule has 2 N–H and O–H groups in total. The molecule has 5 nitrogen and oxygen atoms in total. The zero-order chi connectivity index (χ0) is 15.5. The minimum atomic E-state index is -0.234. The molecule has 1 amide bonds. The van der Waals surface area contributed by atoms with E-state index in [1.165, 1.54) is 11.8 Å². The first-order valence-corrected chi connectivity index (χ1v) is 7.68. The van der Waals surface area contributed by atoms with Gasteiger partial charge in [-0.25, -0.2) is 4.98 Å². The topological polar surface area (TPSA) is 67.2 Å². The molecule has 1 unspecified atom stereocenters. The second kappa shape index (κ2) is 6.32. The van der Waals surface area contributed by atoms with Crippen LogP contribution < -0.4 is 10.6 Å². The number of hydrogen-bond acceptors (Lipinski definition) is 4. The summed E-state index contributed by atoms with van der Waals surface area (Å²) >= 11 is 0. The molecule has 1 fully saturated rings. The van der Waals surface area contributed by atoms with Crippen LogP contribution in [0, 0.1) is 13.8 Å². The zero-order valence-electron chi connectivity index (χ0n) is 13.0. The average molecular weight is 299 g/mol. The van der Waals surface area contributed by atoms with Crippen molar-refractivity contribution in [2.75, 3.05) is 18.4 Å². The molecule has 5 heteroatoms. The highest BCUT2D eigenvalue weighted by molar-refractivity contribution is 6.02. The standard InChI is InChI=1S/C17H21N3O2/c1-11-5-6-14(8-12(11)2)19-16(21)15-10-22-17(20-15)13-4-3-7-18-9-13/h5-6,8,10,13,18H,3-4,7,9H2,1-2H3,(H,19,21). The molecular weight excluding hydrogens is 278 g/mol. The van der Waals surface area contributed by atoms with E-state index in [1.807, 2.05) is 32.0 Å². The molecule has 2 heterocycles. The lowest BCUT2D eigenvalue weighted by Crippen LogP contribution is -2.28. The van der Waals surface area contributed by atoms with Crippen LogP contribution in [-0.2, 0) is 0 Å². The molecule has 2 aromatic rings. The Kier molecular flexibility index (Phi) is 4.24. The summed E-state index contributed by atoms with van der Waals surface area (Å²) in [5, 5.41) is 6.19. The largest absolute Gasteiger partial charge is 0.448 e. The average Bonchev–Trinajstić information content (AvgIpc) is 3.02. The Morgan fingerprint density at radius 1 is 1.36 bits per heavy atom. The number of nitrogens with one attached hydrogen (secondary N) is 2. The van der Waals surface area contributed by atoms with Crippen LogP contribution in [0.2, 0.25) is 0 Å². The second-order valence-electron chi connectivity index (χ2n) is 5.87. The van der Waals surface area contributed by atoms with E-state index in [0.717, 1.165) is 37.2 Å². The van der Waals surface area contributed by atoms with E-state index in [2.05, 4.69) is 15.6 Å². The van der Waals surface area contributed by atoms with Gasteiger partial charge < -0.3 is 15.1 Å². The van der Waals surface area contributed by atoms with Gasteiger partial charge in [0.2, 0.25) is 0 Å². The van der Waals surface area contributed by atoms with Gasteiger partial charge in [0.25, 0.3) is 5.91 Å². The third-order valence-corrected chi connectivity index (χ3v) is 4.17. The summed E-state index contributed by atoms with van der Waals surface area (Å²) in [5.74, 6) is 0.677. The van der Waals surface area contributed by atoms with Gasteiger partial charge in [-0.1, -0.05) is 6.07 Å². The Labute approximate surface area is 130 Å². The van der Waals surface area contributed by atoms with Crippen molar-refractivity contribution in [3.8, 4) is 0 Å². The predicted octanol–water partition coefficient (Wildman–Crippen LogP) is 3.01. The van der Waals surface area contributed by atoms with Gasteiger partial charge in [-0.05, 0) is 56.5 Å². The summed E-state index contributed by atoms with van der Waals surface area (Å²) in [7, 11) is 0. The van der Waals surface area contributed by atoms with Crippen LogP contribution >= 0.6 is 0 Å². The lowest BCUT2D eigenvalue weighted by molar-refractivity contribution is 0.102. The summed E-state index contributed by atoms with van der Waals surface area (Å²) in [6, 6.07) is 5.85. The number of piperidine rings is 1. The van der Waals surface area contributed by atoms with Crippen molar-refractivity contribution in [3.05, 3.63) is 47.2 Å². The van der Waals surface area contributed by atoms with E-state index in [-0.39, 0.29) is 11.8 Å². The molecule has 0 saturated carbocycles. The van der Waals surface area contributed by atoms with Gasteiger partial charge in [0, 0.05) is 18.2 Å². The van der Waals surface area contributed by atoms with Crippen molar-refractivity contribution in [1.29, 1.82) is 0 Å².